The Morgan fingerprint density at radius 3 is 2.30 bits per heavy atom. The highest BCUT2D eigenvalue weighted by molar-refractivity contribution is 7.90. The maximum atomic E-state index is 13.2. The Morgan fingerprint density at radius 2 is 1.70 bits per heavy atom. The van der Waals surface area contributed by atoms with Crippen LogP contribution in [0.4, 0.5) is 5.69 Å². The highest BCUT2D eigenvalue weighted by Gasteiger charge is 2.23. The molecule has 0 saturated carbocycles. The minimum absolute atomic E-state index is 0.250. The van der Waals surface area contributed by atoms with E-state index in [1.165, 1.54) is 4.09 Å². The Balaban J connectivity index is 0.000000806. The smallest absolute Gasteiger partial charge is 0.290 e. The van der Waals surface area contributed by atoms with E-state index >= 15 is 0 Å². The maximum absolute atomic E-state index is 13.2. The third kappa shape index (κ3) is 4.31. The number of benzene rings is 2. The van der Waals surface area contributed by atoms with E-state index in [1.54, 1.807) is 24.3 Å². The van der Waals surface area contributed by atoms with Gasteiger partial charge in [0.25, 0.3) is 16.5 Å². The highest BCUT2D eigenvalue weighted by Crippen LogP contribution is 2.28. The lowest BCUT2D eigenvalue weighted by molar-refractivity contribution is -0.122. The predicted molar refractivity (Wildman–Crippen MR) is 117 cm³/mol. The van der Waals surface area contributed by atoms with Gasteiger partial charge in [0.1, 0.15) is 0 Å². The molecule has 1 aliphatic heterocycles. The SMILES string of the molecule is CCc1nn(S(=O)(=O)c2ccccc2)c2cc(N3CCN(C)CC3)ccc12.O=CO. The van der Waals surface area contributed by atoms with Crippen LogP contribution in [-0.4, -0.2) is 67.3 Å². The molecule has 1 saturated heterocycles. The summed E-state index contributed by atoms with van der Waals surface area (Å²) < 4.78 is 27.6. The fourth-order valence-corrected chi connectivity index (χ4v) is 4.85. The van der Waals surface area contributed by atoms with Crippen LogP contribution in [0, 0.1) is 0 Å². The van der Waals surface area contributed by atoms with Crippen molar-refractivity contribution in [2.45, 2.75) is 18.2 Å². The molecule has 3 aromatic rings. The summed E-state index contributed by atoms with van der Waals surface area (Å²) >= 11 is 0. The van der Waals surface area contributed by atoms with Crippen LogP contribution in [0.15, 0.2) is 53.4 Å². The zero-order valence-electron chi connectivity index (χ0n) is 17.1. The number of hydrogen-bond donors (Lipinski definition) is 1. The average Bonchev–Trinajstić information content (AvgIpc) is 3.14. The molecule has 1 N–H and O–H groups in total. The number of rotatable bonds is 4. The van der Waals surface area contributed by atoms with Crippen molar-refractivity contribution in [1.82, 2.24) is 14.1 Å². The molecule has 4 rings (SSSR count). The topological polar surface area (TPSA) is 95.7 Å². The molecule has 1 aliphatic rings. The molecule has 2 aromatic carbocycles. The summed E-state index contributed by atoms with van der Waals surface area (Å²) in [5, 5.41) is 12.2. The second-order valence-electron chi connectivity index (χ2n) is 7.06. The van der Waals surface area contributed by atoms with Gasteiger partial charge in [0.15, 0.2) is 0 Å². The van der Waals surface area contributed by atoms with Crippen LogP contribution in [-0.2, 0) is 21.2 Å². The molecule has 0 amide bonds. The van der Waals surface area contributed by atoms with Gasteiger partial charge in [-0.05, 0) is 43.8 Å². The molecule has 30 heavy (non-hydrogen) atoms. The lowest BCUT2D eigenvalue weighted by Gasteiger charge is -2.34. The summed E-state index contributed by atoms with van der Waals surface area (Å²) in [5.74, 6) is 0. The van der Waals surface area contributed by atoms with Gasteiger partial charge in [-0.1, -0.05) is 25.1 Å². The van der Waals surface area contributed by atoms with E-state index < -0.39 is 10.0 Å². The monoisotopic (exact) mass is 430 g/mol. The van der Waals surface area contributed by atoms with Crippen LogP contribution < -0.4 is 4.90 Å². The molecular formula is C21H26N4O4S. The van der Waals surface area contributed by atoms with Gasteiger partial charge in [-0.2, -0.15) is 17.6 Å². The van der Waals surface area contributed by atoms with E-state index in [0.29, 0.717) is 11.9 Å². The predicted octanol–water partition coefficient (Wildman–Crippen LogP) is 2.29. The van der Waals surface area contributed by atoms with Gasteiger partial charge in [-0.15, -0.1) is 0 Å². The van der Waals surface area contributed by atoms with Crippen molar-refractivity contribution in [2.24, 2.45) is 0 Å². The second kappa shape index (κ2) is 9.27. The molecule has 8 nitrogen and oxygen atoms in total. The van der Waals surface area contributed by atoms with Crippen molar-refractivity contribution in [3.8, 4) is 0 Å². The van der Waals surface area contributed by atoms with E-state index in [-0.39, 0.29) is 11.4 Å². The van der Waals surface area contributed by atoms with E-state index in [4.69, 9.17) is 9.90 Å². The molecule has 0 spiro atoms. The first-order chi connectivity index (χ1) is 14.4. The van der Waals surface area contributed by atoms with E-state index in [0.717, 1.165) is 42.9 Å². The van der Waals surface area contributed by atoms with Crippen LogP contribution in [0.1, 0.15) is 12.6 Å². The molecule has 0 aliphatic carbocycles. The van der Waals surface area contributed by atoms with Gasteiger partial charge in [-0.25, -0.2) is 0 Å². The zero-order valence-corrected chi connectivity index (χ0v) is 17.9. The molecule has 1 fully saturated rings. The molecule has 1 aromatic heterocycles. The summed E-state index contributed by atoms with van der Waals surface area (Å²) in [6, 6.07) is 14.5. The van der Waals surface area contributed by atoms with E-state index in [2.05, 4.69) is 28.0 Å². The standard InChI is InChI=1S/C20H24N4O2S.CH2O2/c1-3-19-18-10-9-16(23-13-11-22(2)12-14-23)15-20(18)24(21-19)27(25,26)17-7-5-4-6-8-17;2-1-3/h4-10,15H,3,11-14H2,1-2H3;1H,(H,2,3). The van der Waals surface area contributed by atoms with Crippen LogP contribution in [0.2, 0.25) is 0 Å². The highest BCUT2D eigenvalue weighted by atomic mass is 32.2. The molecule has 0 radical (unpaired) electrons. The first-order valence-corrected chi connectivity index (χ1v) is 11.2. The fourth-order valence-electron chi connectivity index (χ4n) is 3.54. The molecular weight excluding hydrogens is 404 g/mol. The molecule has 160 valence electrons. The third-order valence-corrected chi connectivity index (χ3v) is 6.78. The quantitative estimate of drug-likeness (QED) is 0.635. The number of aryl methyl sites for hydroxylation is 1. The Labute approximate surface area is 176 Å². The van der Waals surface area contributed by atoms with Gasteiger partial charge in [0.05, 0.1) is 16.1 Å². The Kier molecular flexibility index (Phi) is 6.73. The minimum atomic E-state index is -3.73. The van der Waals surface area contributed by atoms with Crippen LogP contribution >= 0.6 is 0 Å². The second-order valence-corrected chi connectivity index (χ2v) is 8.83. The van der Waals surface area contributed by atoms with Gasteiger partial charge in [0.2, 0.25) is 0 Å². The van der Waals surface area contributed by atoms with Crippen LogP contribution in [0.25, 0.3) is 10.9 Å². The Bertz CT molecular complexity index is 1100. The Morgan fingerprint density at radius 1 is 1.07 bits per heavy atom. The number of anilines is 1. The number of carbonyl (C=O) groups is 1. The van der Waals surface area contributed by atoms with Crippen molar-refractivity contribution in [3.63, 3.8) is 0 Å². The van der Waals surface area contributed by atoms with Crippen molar-refractivity contribution >= 4 is 33.1 Å². The lowest BCUT2D eigenvalue weighted by Crippen LogP contribution is -2.44. The molecule has 0 atom stereocenters. The molecule has 0 bridgehead atoms. The molecule has 2 heterocycles. The number of carboxylic acid groups (broad SMARTS) is 1. The lowest BCUT2D eigenvalue weighted by atomic mass is 10.1. The number of nitrogens with zero attached hydrogens (tertiary/aromatic N) is 4. The number of piperazine rings is 1. The molecule has 9 heteroatoms. The first kappa shape index (κ1) is 21.8. The number of hydrogen-bond acceptors (Lipinski definition) is 6. The summed E-state index contributed by atoms with van der Waals surface area (Å²) in [6.07, 6.45) is 0.682. The van der Waals surface area contributed by atoms with Crippen molar-refractivity contribution in [3.05, 3.63) is 54.2 Å². The third-order valence-electron chi connectivity index (χ3n) is 5.18. The van der Waals surface area contributed by atoms with Crippen molar-refractivity contribution < 1.29 is 18.3 Å². The number of fused-ring (bicyclic) bond motifs is 1. The normalized spacial score (nSPS) is 14.9. The number of likely N-dealkylation sites (N-methyl/N-ethyl adjacent to an activating group) is 1. The zero-order chi connectivity index (χ0) is 21.7. The van der Waals surface area contributed by atoms with Gasteiger partial charge < -0.3 is 14.9 Å². The fraction of sp³-hybridized carbons (Fsp3) is 0.333. The minimum Gasteiger partial charge on any atom is -0.483 e. The summed E-state index contributed by atoms with van der Waals surface area (Å²) in [6.45, 7) is 5.61. The summed E-state index contributed by atoms with van der Waals surface area (Å²) in [7, 11) is -1.61. The summed E-state index contributed by atoms with van der Waals surface area (Å²) in [4.78, 5) is 13.2. The van der Waals surface area contributed by atoms with Gasteiger partial charge in [0, 0.05) is 37.3 Å². The van der Waals surface area contributed by atoms with Gasteiger partial charge >= 0.3 is 0 Å². The maximum Gasteiger partial charge on any atom is 0.290 e. The number of aromatic nitrogens is 2. The average molecular weight is 431 g/mol. The summed E-state index contributed by atoms with van der Waals surface area (Å²) in [5.41, 5.74) is 2.49. The van der Waals surface area contributed by atoms with E-state index in [9.17, 15) is 8.42 Å². The molecule has 0 unspecified atom stereocenters. The van der Waals surface area contributed by atoms with Crippen LogP contribution in [0.5, 0.6) is 0 Å². The van der Waals surface area contributed by atoms with Gasteiger partial charge in [-0.3, -0.25) is 4.79 Å². The van der Waals surface area contributed by atoms with Crippen LogP contribution in [0.3, 0.4) is 0 Å². The first-order valence-electron chi connectivity index (χ1n) is 9.76. The van der Waals surface area contributed by atoms with Crippen molar-refractivity contribution in [2.75, 3.05) is 38.1 Å². The van der Waals surface area contributed by atoms with E-state index in [1.807, 2.05) is 25.1 Å². The largest absolute Gasteiger partial charge is 0.483 e. The van der Waals surface area contributed by atoms with Crippen molar-refractivity contribution in [1.29, 1.82) is 0 Å². The Hall–Kier alpha value is -2.91.